The summed E-state index contributed by atoms with van der Waals surface area (Å²) in [5, 5.41) is 6.98. The smallest absolute Gasteiger partial charge is 0.130 e. The lowest BCUT2D eigenvalue weighted by molar-refractivity contribution is 0.412. The summed E-state index contributed by atoms with van der Waals surface area (Å²) in [5.41, 5.74) is 1.33. The molecule has 0 amide bonds. The van der Waals surface area contributed by atoms with Crippen LogP contribution in [0.3, 0.4) is 0 Å². The van der Waals surface area contributed by atoms with Gasteiger partial charge in [-0.3, -0.25) is 0 Å². The highest BCUT2D eigenvalue weighted by molar-refractivity contribution is 5.45. The van der Waals surface area contributed by atoms with Crippen molar-refractivity contribution in [2.45, 2.75) is 38.6 Å². The van der Waals surface area contributed by atoms with Gasteiger partial charge in [0.25, 0.3) is 0 Å². The van der Waals surface area contributed by atoms with Crippen LogP contribution in [0.1, 0.15) is 44.2 Å². The lowest BCUT2D eigenvalue weighted by atomic mass is 9.98. The lowest BCUT2D eigenvalue weighted by Crippen LogP contribution is -2.27. The molecular formula is C13H21N3. The van der Waals surface area contributed by atoms with Crippen LogP contribution >= 0.6 is 0 Å². The minimum atomic E-state index is 0.488. The summed E-state index contributed by atoms with van der Waals surface area (Å²) in [6.07, 6.45) is 6.85. The molecule has 0 spiro atoms. The van der Waals surface area contributed by atoms with Crippen molar-refractivity contribution in [2.75, 3.05) is 18.4 Å². The Kier molecular flexibility index (Phi) is 4.17. The summed E-state index contributed by atoms with van der Waals surface area (Å²) in [6, 6.07) is 4.71. The zero-order valence-corrected chi connectivity index (χ0v) is 10.00. The predicted molar refractivity (Wildman–Crippen MR) is 67.6 cm³/mol. The fourth-order valence-electron chi connectivity index (χ4n) is 2.21. The molecule has 88 valence electrons. The number of nitrogens with one attached hydrogen (secondary N) is 2. The van der Waals surface area contributed by atoms with Gasteiger partial charge in [-0.2, -0.15) is 0 Å². The molecule has 0 aliphatic carbocycles. The van der Waals surface area contributed by atoms with E-state index in [1.54, 1.807) is 0 Å². The van der Waals surface area contributed by atoms with Crippen molar-refractivity contribution >= 4 is 5.82 Å². The Morgan fingerprint density at radius 1 is 1.50 bits per heavy atom. The molecule has 1 aromatic heterocycles. The zero-order chi connectivity index (χ0) is 11.2. The maximum Gasteiger partial charge on any atom is 0.130 e. The molecule has 16 heavy (non-hydrogen) atoms. The first-order chi connectivity index (χ1) is 7.92. The molecule has 1 aliphatic heterocycles. The van der Waals surface area contributed by atoms with E-state index in [-0.39, 0.29) is 0 Å². The Morgan fingerprint density at radius 3 is 3.19 bits per heavy atom. The monoisotopic (exact) mass is 219 g/mol. The standard InChI is InChI=1S/C13H21N3/c1-2-8-15-13-11(6-5-10-16-13)12-7-3-4-9-14-12/h5-6,10,12,14H,2-4,7-9H2,1H3,(H,15,16)/t12-/m0/s1. The minimum Gasteiger partial charge on any atom is -0.370 e. The van der Waals surface area contributed by atoms with Crippen LogP contribution in [0.25, 0.3) is 0 Å². The summed E-state index contributed by atoms with van der Waals surface area (Å²) < 4.78 is 0. The molecule has 2 heterocycles. The highest BCUT2D eigenvalue weighted by atomic mass is 15.0. The average molecular weight is 219 g/mol. The van der Waals surface area contributed by atoms with Gasteiger partial charge in [-0.1, -0.05) is 19.4 Å². The number of anilines is 1. The van der Waals surface area contributed by atoms with Crippen molar-refractivity contribution in [1.29, 1.82) is 0 Å². The number of nitrogens with zero attached hydrogens (tertiary/aromatic N) is 1. The molecule has 0 bridgehead atoms. The normalized spacial score (nSPS) is 20.7. The molecule has 1 fully saturated rings. The van der Waals surface area contributed by atoms with E-state index in [2.05, 4.69) is 28.6 Å². The van der Waals surface area contributed by atoms with Crippen LogP contribution in [0.2, 0.25) is 0 Å². The van der Waals surface area contributed by atoms with Crippen molar-refractivity contribution in [2.24, 2.45) is 0 Å². The van der Waals surface area contributed by atoms with Gasteiger partial charge in [-0.25, -0.2) is 4.98 Å². The lowest BCUT2D eigenvalue weighted by Gasteiger charge is -2.25. The van der Waals surface area contributed by atoms with Gasteiger partial charge in [0, 0.05) is 24.3 Å². The molecule has 2 N–H and O–H groups in total. The fraction of sp³-hybridized carbons (Fsp3) is 0.615. The quantitative estimate of drug-likeness (QED) is 0.817. The second-order valence-electron chi connectivity index (χ2n) is 4.37. The number of hydrogen-bond donors (Lipinski definition) is 2. The molecule has 1 atom stereocenters. The van der Waals surface area contributed by atoms with E-state index in [9.17, 15) is 0 Å². The number of piperidine rings is 1. The zero-order valence-electron chi connectivity index (χ0n) is 10.00. The molecular weight excluding hydrogens is 198 g/mol. The molecule has 0 aromatic carbocycles. The van der Waals surface area contributed by atoms with E-state index in [1.807, 2.05) is 12.3 Å². The van der Waals surface area contributed by atoms with Gasteiger partial charge >= 0.3 is 0 Å². The Balaban J connectivity index is 2.11. The number of pyridine rings is 1. The first-order valence-electron chi connectivity index (χ1n) is 6.34. The maximum absolute atomic E-state index is 4.44. The summed E-state index contributed by atoms with van der Waals surface area (Å²) in [6.45, 7) is 4.30. The molecule has 1 saturated heterocycles. The van der Waals surface area contributed by atoms with Gasteiger partial charge in [0.15, 0.2) is 0 Å². The van der Waals surface area contributed by atoms with Crippen molar-refractivity contribution in [3.63, 3.8) is 0 Å². The molecule has 1 aromatic rings. The average Bonchev–Trinajstić information content (AvgIpc) is 2.38. The first-order valence-corrected chi connectivity index (χ1v) is 6.34. The third-order valence-corrected chi connectivity index (χ3v) is 3.07. The van der Waals surface area contributed by atoms with Crippen molar-refractivity contribution in [3.05, 3.63) is 23.9 Å². The van der Waals surface area contributed by atoms with Crippen LogP contribution in [0.5, 0.6) is 0 Å². The Hall–Kier alpha value is -1.09. The highest BCUT2D eigenvalue weighted by Gasteiger charge is 2.17. The molecule has 0 unspecified atom stereocenters. The molecule has 0 radical (unpaired) electrons. The number of aromatic nitrogens is 1. The molecule has 1 aliphatic rings. The molecule has 3 nitrogen and oxygen atoms in total. The van der Waals surface area contributed by atoms with Crippen molar-refractivity contribution in [1.82, 2.24) is 10.3 Å². The first kappa shape index (κ1) is 11.4. The SMILES string of the molecule is CCCNc1ncccc1[C@@H]1CCCCN1. The fourth-order valence-corrected chi connectivity index (χ4v) is 2.21. The Morgan fingerprint density at radius 2 is 2.44 bits per heavy atom. The minimum absolute atomic E-state index is 0.488. The van der Waals surface area contributed by atoms with Gasteiger partial charge in [-0.05, 0) is 31.9 Å². The van der Waals surface area contributed by atoms with Crippen LogP contribution in [0.15, 0.2) is 18.3 Å². The topological polar surface area (TPSA) is 37.0 Å². The Bertz CT molecular complexity index is 319. The highest BCUT2D eigenvalue weighted by Crippen LogP contribution is 2.27. The van der Waals surface area contributed by atoms with Crippen molar-refractivity contribution < 1.29 is 0 Å². The largest absolute Gasteiger partial charge is 0.370 e. The maximum atomic E-state index is 4.44. The third-order valence-electron chi connectivity index (χ3n) is 3.07. The number of hydrogen-bond acceptors (Lipinski definition) is 3. The molecule has 2 rings (SSSR count). The molecule has 3 heteroatoms. The van der Waals surface area contributed by atoms with E-state index in [0.29, 0.717) is 6.04 Å². The van der Waals surface area contributed by atoms with Gasteiger partial charge in [-0.15, -0.1) is 0 Å². The second kappa shape index (κ2) is 5.85. The van der Waals surface area contributed by atoms with E-state index in [1.165, 1.54) is 24.8 Å². The van der Waals surface area contributed by atoms with Gasteiger partial charge < -0.3 is 10.6 Å². The summed E-state index contributed by atoms with van der Waals surface area (Å²) in [7, 11) is 0. The van der Waals surface area contributed by atoms with Gasteiger partial charge in [0.1, 0.15) is 5.82 Å². The number of rotatable bonds is 4. The molecule has 0 saturated carbocycles. The Labute approximate surface area is 97.7 Å². The third kappa shape index (κ3) is 2.73. The predicted octanol–water partition coefficient (Wildman–Crippen LogP) is 2.72. The van der Waals surface area contributed by atoms with Gasteiger partial charge in [0.2, 0.25) is 0 Å². The van der Waals surface area contributed by atoms with Crippen LogP contribution < -0.4 is 10.6 Å². The van der Waals surface area contributed by atoms with E-state index < -0.39 is 0 Å². The van der Waals surface area contributed by atoms with Crippen LogP contribution in [-0.4, -0.2) is 18.1 Å². The van der Waals surface area contributed by atoms with E-state index in [4.69, 9.17) is 0 Å². The van der Waals surface area contributed by atoms with Crippen LogP contribution in [-0.2, 0) is 0 Å². The second-order valence-corrected chi connectivity index (χ2v) is 4.37. The van der Waals surface area contributed by atoms with E-state index in [0.717, 1.165) is 25.3 Å². The van der Waals surface area contributed by atoms with Crippen molar-refractivity contribution in [3.8, 4) is 0 Å². The summed E-state index contributed by atoms with van der Waals surface area (Å²) >= 11 is 0. The summed E-state index contributed by atoms with van der Waals surface area (Å²) in [4.78, 5) is 4.44. The van der Waals surface area contributed by atoms with Crippen LogP contribution in [0, 0.1) is 0 Å². The summed E-state index contributed by atoms with van der Waals surface area (Å²) in [5.74, 6) is 1.06. The van der Waals surface area contributed by atoms with Gasteiger partial charge in [0.05, 0.1) is 0 Å². The van der Waals surface area contributed by atoms with E-state index >= 15 is 0 Å². The van der Waals surface area contributed by atoms with Crippen LogP contribution in [0.4, 0.5) is 5.82 Å².